The van der Waals surface area contributed by atoms with E-state index < -0.39 is 11.7 Å². The molecule has 0 radical (unpaired) electrons. The molecule has 5 aromatic rings. The van der Waals surface area contributed by atoms with Gasteiger partial charge in [-0.1, -0.05) is 24.2 Å². The molecule has 3 aromatic heterocycles. The van der Waals surface area contributed by atoms with Crippen molar-refractivity contribution in [3.05, 3.63) is 72.2 Å². The summed E-state index contributed by atoms with van der Waals surface area (Å²) in [7, 11) is 1.87. The molecule has 0 saturated carbocycles. The molecule has 0 unspecified atom stereocenters. The van der Waals surface area contributed by atoms with E-state index in [1.165, 1.54) is 24.5 Å². The van der Waals surface area contributed by atoms with Crippen LogP contribution in [-0.4, -0.2) is 73.1 Å². The first kappa shape index (κ1) is 28.3. The third-order valence-electron chi connectivity index (χ3n) is 7.40. The lowest BCUT2D eigenvalue weighted by atomic mass is 10.1. The molecule has 13 heteroatoms. The van der Waals surface area contributed by atoms with Crippen molar-refractivity contribution >= 4 is 16.8 Å². The summed E-state index contributed by atoms with van der Waals surface area (Å²) in [6.07, 6.45) is -0.526. The normalized spacial score (nSPS) is 14.4. The average Bonchev–Trinajstić information content (AvgIpc) is 3.63. The van der Waals surface area contributed by atoms with E-state index in [4.69, 9.17) is 9.26 Å². The van der Waals surface area contributed by atoms with Crippen molar-refractivity contribution in [1.82, 2.24) is 34.5 Å². The number of aryl methyl sites for hydroxylation is 1. The van der Waals surface area contributed by atoms with Gasteiger partial charge in [-0.25, -0.2) is 9.97 Å². The predicted octanol–water partition coefficient (Wildman–Crippen LogP) is 5.66. The zero-order valence-corrected chi connectivity index (χ0v) is 23.5. The second-order valence-corrected chi connectivity index (χ2v) is 10.3. The van der Waals surface area contributed by atoms with E-state index >= 15 is 0 Å². The molecule has 1 amide bonds. The molecule has 1 aliphatic rings. The van der Waals surface area contributed by atoms with E-state index in [0.717, 1.165) is 49.1 Å². The van der Waals surface area contributed by atoms with Crippen LogP contribution in [0.15, 0.2) is 65.4 Å². The van der Waals surface area contributed by atoms with Gasteiger partial charge in [0.25, 0.3) is 11.8 Å². The minimum atomic E-state index is -4.43. The van der Waals surface area contributed by atoms with Gasteiger partial charge in [-0.05, 0) is 43.3 Å². The first-order chi connectivity index (χ1) is 20.7. The molecule has 0 bridgehead atoms. The number of hydrogen-bond acceptors (Lipinski definition) is 8. The highest BCUT2D eigenvalue weighted by Crippen LogP contribution is 2.31. The molecule has 0 spiro atoms. The van der Waals surface area contributed by atoms with Crippen LogP contribution in [0, 0.1) is 0 Å². The first-order valence-corrected chi connectivity index (χ1v) is 13.8. The van der Waals surface area contributed by atoms with Crippen molar-refractivity contribution in [3.8, 4) is 34.6 Å². The molecule has 222 valence electrons. The van der Waals surface area contributed by atoms with Gasteiger partial charge in [0.2, 0.25) is 11.7 Å². The predicted molar refractivity (Wildman–Crippen MR) is 151 cm³/mol. The van der Waals surface area contributed by atoms with Crippen molar-refractivity contribution in [1.29, 1.82) is 0 Å². The fourth-order valence-corrected chi connectivity index (χ4v) is 5.08. The molecule has 1 saturated heterocycles. The van der Waals surface area contributed by atoms with Crippen molar-refractivity contribution in [2.75, 3.05) is 32.7 Å². The van der Waals surface area contributed by atoms with Crippen LogP contribution in [-0.2, 0) is 13.2 Å². The van der Waals surface area contributed by atoms with Crippen LogP contribution in [0.5, 0.6) is 11.6 Å². The lowest BCUT2D eigenvalue weighted by Gasteiger charge is -2.34. The van der Waals surface area contributed by atoms with Crippen molar-refractivity contribution in [2.45, 2.75) is 19.5 Å². The average molecular weight is 592 g/mol. The molecule has 2 aromatic carbocycles. The van der Waals surface area contributed by atoms with Crippen molar-refractivity contribution in [3.63, 3.8) is 0 Å². The number of rotatable bonds is 7. The summed E-state index contributed by atoms with van der Waals surface area (Å²) in [5.41, 5.74) is 1.34. The summed E-state index contributed by atoms with van der Waals surface area (Å²) >= 11 is 0. The van der Waals surface area contributed by atoms with Gasteiger partial charge in [0.15, 0.2) is 0 Å². The van der Waals surface area contributed by atoms with Crippen LogP contribution in [0.2, 0.25) is 0 Å². The first-order valence-electron chi connectivity index (χ1n) is 13.8. The highest BCUT2D eigenvalue weighted by Gasteiger charge is 2.30. The fraction of sp³-hybridized carbons (Fsp3) is 0.300. The third-order valence-corrected chi connectivity index (χ3v) is 7.40. The van der Waals surface area contributed by atoms with E-state index in [1.807, 2.05) is 34.7 Å². The summed E-state index contributed by atoms with van der Waals surface area (Å²) in [5, 5.41) is 4.76. The summed E-state index contributed by atoms with van der Waals surface area (Å²) in [4.78, 5) is 30.4. The number of fused-ring (bicyclic) bond motifs is 1. The molecule has 0 N–H and O–H groups in total. The highest BCUT2D eigenvalue weighted by atomic mass is 19.4. The zero-order chi connectivity index (χ0) is 30.1. The number of benzene rings is 2. The third kappa shape index (κ3) is 5.93. The van der Waals surface area contributed by atoms with Gasteiger partial charge in [-0.15, -0.1) is 0 Å². The molecule has 1 fully saturated rings. The molecule has 4 heterocycles. The Morgan fingerprint density at radius 1 is 1.00 bits per heavy atom. The maximum atomic E-state index is 13.3. The maximum Gasteiger partial charge on any atom is 0.416 e. The Balaban J connectivity index is 1.13. The molecule has 0 aliphatic carbocycles. The van der Waals surface area contributed by atoms with E-state index in [-0.39, 0.29) is 29.2 Å². The Bertz CT molecular complexity index is 1740. The molecule has 0 atom stereocenters. The molecule has 1 aliphatic heterocycles. The standard InChI is InChI=1S/C30H28F3N7O3/c1-3-10-39-11-13-40(14-12-39)29(41)25-15-20-6-9-22(16-24(20)38(25)2)42-26-18-34-23(17-35-26)28-36-27(37-43-28)19-4-7-21(8-5-19)30(31,32)33/h4-9,15-18H,3,10-14H2,1-2H3. The zero-order valence-electron chi connectivity index (χ0n) is 23.5. The summed E-state index contributed by atoms with van der Waals surface area (Å²) < 4.78 is 51.5. The smallest absolute Gasteiger partial charge is 0.416 e. The number of nitrogens with zero attached hydrogens (tertiary/aromatic N) is 7. The van der Waals surface area contributed by atoms with Gasteiger partial charge in [-0.3, -0.25) is 9.69 Å². The van der Waals surface area contributed by atoms with E-state index in [1.54, 1.807) is 6.07 Å². The monoisotopic (exact) mass is 591 g/mol. The number of alkyl halides is 3. The minimum Gasteiger partial charge on any atom is -0.437 e. The number of carbonyl (C=O) groups excluding carboxylic acids is 1. The Morgan fingerprint density at radius 2 is 1.77 bits per heavy atom. The van der Waals surface area contributed by atoms with Crippen LogP contribution in [0.4, 0.5) is 13.2 Å². The summed E-state index contributed by atoms with van der Waals surface area (Å²) in [6, 6.07) is 11.9. The topological polar surface area (TPSA) is 102 Å². The highest BCUT2D eigenvalue weighted by molar-refractivity contribution is 5.99. The number of ether oxygens (including phenoxy) is 1. The number of halogens is 3. The number of hydrogen-bond donors (Lipinski definition) is 0. The van der Waals surface area contributed by atoms with Gasteiger partial charge in [-0.2, -0.15) is 18.2 Å². The lowest BCUT2D eigenvalue weighted by molar-refractivity contribution is -0.137. The van der Waals surface area contributed by atoms with Crippen LogP contribution in [0.1, 0.15) is 29.4 Å². The minimum absolute atomic E-state index is 0.0151. The van der Waals surface area contributed by atoms with Crippen LogP contribution >= 0.6 is 0 Å². The van der Waals surface area contributed by atoms with Crippen LogP contribution in [0.3, 0.4) is 0 Å². The SMILES string of the molecule is CCCN1CCN(C(=O)c2cc3ccc(Oc4cnc(-c5nc(-c6ccc(C(F)(F)F)cc6)no5)cn4)cc3n2C)CC1. The van der Waals surface area contributed by atoms with Gasteiger partial charge in [0.1, 0.15) is 17.1 Å². The number of amides is 1. The van der Waals surface area contributed by atoms with Crippen LogP contribution in [0.25, 0.3) is 33.9 Å². The second kappa shape index (κ2) is 11.5. The van der Waals surface area contributed by atoms with Crippen molar-refractivity contribution < 1.29 is 27.2 Å². The van der Waals surface area contributed by atoms with Gasteiger partial charge >= 0.3 is 6.18 Å². The van der Waals surface area contributed by atoms with Gasteiger partial charge in [0.05, 0.1) is 23.5 Å². The Hall–Kier alpha value is -4.78. The Labute approximate surface area is 244 Å². The quantitative estimate of drug-likeness (QED) is 0.239. The molecule has 43 heavy (non-hydrogen) atoms. The van der Waals surface area contributed by atoms with Gasteiger partial charge < -0.3 is 18.7 Å². The molecule has 10 nitrogen and oxygen atoms in total. The summed E-state index contributed by atoms with van der Waals surface area (Å²) in [6.45, 7) is 6.40. The molecule has 6 rings (SSSR count). The summed E-state index contributed by atoms with van der Waals surface area (Å²) in [5.74, 6) is 0.939. The van der Waals surface area contributed by atoms with Crippen LogP contribution < -0.4 is 4.74 Å². The maximum absolute atomic E-state index is 13.3. The van der Waals surface area contributed by atoms with Crippen molar-refractivity contribution in [2.24, 2.45) is 7.05 Å². The number of piperazine rings is 1. The lowest BCUT2D eigenvalue weighted by Crippen LogP contribution is -2.49. The fourth-order valence-electron chi connectivity index (χ4n) is 5.08. The van der Waals surface area contributed by atoms with E-state index in [9.17, 15) is 18.0 Å². The Kier molecular flexibility index (Phi) is 7.57. The largest absolute Gasteiger partial charge is 0.437 e. The van der Waals surface area contributed by atoms with Gasteiger partial charge in [0, 0.05) is 50.2 Å². The number of carbonyl (C=O) groups is 1. The number of aromatic nitrogens is 5. The second-order valence-electron chi connectivity index (χ2n) is 10.3. The van der Waals surface area contributed by atoms with E-state index in [0.29, 0.717) is 30.1 Å². The van der Waals surface area contributed by atoms with E-state index in [2.05, 4.69) is 31.9 Å². The Morgan fingerprint density at radius 3 is 2.44 bits per heavy atom. The molecular weight excluding hydrogens is 563 g/mol. The molecular formula is C30H28F3N7O3.